The summed E-state index contributed by atoms with van der Waals surface area (Å²) in [6.45, 7) is -0.1000. The summed E-state index contributed by atoms with van der Waals surface area (Å²) in [5.41, 5.74) is 0.555. The molecule has 1 aromatic rings. The molecule has 0 saturated carbocycles. The fraction of sp³-hybridized carbons (Fsp3) is 0.333. The van der Waals surface area contributed by atoms with E-state index < -0.39 is 30.2 Å². The molecule has 142 valence electrons. The number of carbonyl (C=O) groups is 2. The first kappa shape index (κ1) is 25.4. The highest BCUT2D eigenvalue weighted by molar-refractivity contribution is 5.95. The van der Waals surface area contributed by atoms with E-state index >= 15 is 0 Å². The normalized spacial score (nSPS) is 20.4. The van der Waals surface area contributed by atoms with E-state index in [1.54, 1.807) is 0 Å². The molecule has 1 aliphatic rings. The number of amides is 1. The van der Waals surface area contributed by atoms with E-state index in [9.17, 15) is 19.8 Å². The summed E-state index contributed by atoms with van der Waals surface area (Å²) in [7, 11) is 1.00. The first-order valence-corrected chi connectivity index (χ1v) is 7.20. The molecule has 5 N–H and O–H groups in total. The van der Waals surface area contributed by atoms with Gasteiger partial charge in [-0.15, -0.1) is 25.7 Å². The van der Waals surface area contributed by atoms with Crippen molar-refractivity contribution in [3.8, 4) is 25.7 Å². The van der Waals surface area contributed by atoms with E-state index in [2.05, 4.69) is 31.0 Å². The highest BCUT2D eigenvalue weighted by atomic mass is 16.5. The molecule has 1 aromatic carbocycles. The highest BCUT2D eigenvalue weighted by Crippen LogP contribution is 2.17. The molecule has 3 atom stereocenters. The highest BCUT2D eigenvalue weighted by Gasteiger charge is 2.32. The van der Waals surface area contributed by atoms with Crippen LogP contribution in [-0.4, -0.2) is 64.3 Å². The van der Waals surface area contributed by atoms with Gasteiger partial charge in [0, 0.05) is 19.2 Å². The Morgan fingerprint density at radius 3 is 1.96 bits per heavy atom. The van der Waals surface area contributed by atoms with Crippen LogP contribution in [0.3, 0.4) is 0 Å². The molecular formula is C18H23NO7. The molecule has 8 nitrogen and oxygen atoms in total. The van der Waals surface area contributed by atoms with Crippen molar-refractivity contribution in [1.29, 1.82) is 0 Å². The van der Waals surface area contributed by atoms with Crippen molar-refractivity contribution < 1.29 is 34.8 Å². The smallest absolute Gasteiger partial charge is 0.335 e. The van der Waals surface area contributed by atoms with Crippen molar-refractivity contribution >= 4 is 17.6 Å². The van der Waals surface area contributed by atoms with Crippen LogP contribution in [0.25, 0.3) is 0 Å². The SMILES string of the molecule is C#C.C#C.CO.O=C(O)c1ccc(NC(=O)[C@@H]2C[C@H](O)[C@H](O)CO2)cc1. The van der Waals surface area contributed by atoms with Crippen LogP contribution in [0.15, 0.2) is 24.3 Å². The predicted octanol–water partition coefficient (Wildman–Crippen LogP) is -0.0587. The Hall–Kier alpha value is -2.88. The van der Waals surface area contributed by atoms with E-state index in [1.807, 2.05) is 0 Å². The number of aromatic carboxylic acids is 1. The number of hydrogen-bond acceptors (Lipinski definition) is 6. The van der Waals surface area contributed by atoms with Crippen LogP contribution >= 0.6 is 0 Å². The van der Waals surface area contributed by atoms with Crippen molar-refractivity contribution in [1.82, 2.24) is 0 Å². The molecule has 0 aliphatic carbocycles. The average molecular weight is 365 g/mol. The molecule has 0 spiro atoms. The second-order valence-corrected chi connectivity index (χ2v) is 4.56. The number of carbonyl (C=O) groups excluding carboxylic acids is 1. The van der Waals surface area contributed by atoms with Crippen LogP contribution in [-0.2, 0) is 9.53 Å². The minimum atomic E-state index is -1.05. The second kappa shape index (κ2) is 14.5. The van der Waals surface area contributed by atoms with Gasteiger partial charge in [-0.25, -0.2) is 4.79 Å². The van der Waals surface area contributed by atoms with Crippen LogP contribution in [0.2, 0.25) is 0 Å². The zero-order valence-corrected chi connectivity index (χ0v) is 14.3. The van der Waals surface area contributed by atoms with Crippen LogP contribution in [0.1, 0.15) is 16.8 Å². The molecule has 8 heteroatoms. The van der Waals surface area contributed by atoms with Gasteiger partial charge in [0.05, 0.1) is 18.3 Å². The number of rotatable bonds is 3. The lowest BCUT2D eigenvalue weighted by atomic mass is 10.0. The fourth-order valence-corrected chi connectivity index (χ4v) is 1.87. The number of terminal acetylenes is 2. The van der Waals surface area contributed by atoms with Gasteiger partial charge in [0.25, 0.3) is 5.91 Å². The molecule has 1 fully saturated rings. The number of anilines is 1. The Labute approximate surface area is 152 Å². The average Bonchev–Trinajstić information content (AvgIpc) is 2.69. The van der Waals surface area contributed by atoms with Crippen molar-refractivity contribution in [2.24, 2.45) is 0 Å². The third-order valence-corrected chi connectivity index (χ3v) is 3.06. The minimum Gasteiger partial charge on any atom is -0.478 e. The van der Waals surface area contributed by atoms with Gasteiger partial charge in [-0.1, -0.05) is 0 Å². The van der Waals surface area contributed by atoms with E-state index in [-0.39, 0.29) is 18.6 Å². The van der Waals surface area contributed by atoms with Crippen LogP contribution in [0.5, 0.6) is 0 Å². The number of carboxylic acids is 1. The number of nitrogens with one attached hydrogen (secondary N) is 1. The summed E-state index contributed by atoms with van der Waals surface area (Å²) in [5.74, 6) is -1.49. The first-order chi connectivity index (χ1) is 12.5. The molecule has 1 aliphatic heterocycles. The molecule has 0 unspecified atom stereocenters. The zero-order valence-electron chi connectivity index (χ0n) is 14.3. The van der Waals surface area contributed by atoms with Crippen molar-refractivity contribution in [2.45, 2.75) is 24.7 Å². The Balaban J connectivity index is 0. The fourth-order valence-electron chi connectivity index (χ4n) is 1.87. The number of aliphatic hydroxyl groups is 3. The van der Waals surface area contributed by atoms with Gasteiger partial charge in [-0.3, -0.25) is 4.79 Å². The van der Waals surface area contributed by atoms with E-state index in [0.717, 1.165) is 7.11 Å². The largest absolute Gasteiger partial charge is 0.478 e. The van der Waals surface area contributed by atoms with Gasteiger partial charge in [0.2, 0.25) is 0 Å². The monoisotopic (exact) mass is 365 g/mol. The summed E-state index contributed by atoms with van der Waals surface area (Å²) in [5, 5.41) is 37.1. The molecule has 0 aromatic heterocycles. The molecule has 0 radical (unpaired) electrons. The molecule has 1 saturated heterocycles. The Morgan fingerprint density at radius 2 is 1.54 bits per heavy atom. The first-order valence-electron chi connectivity index (χ1n) is 7.20. The maximum atomic E-state index is 11.9. The third-order valence-electron chi connectivity index (χ3n) is 3.06. The Morgan fingerprint density at radius 1 is 1.04 bits per heavy atom. The summed E-state index contributed by atoms with van der Waals surface area (Å²) in [6, 6.07) is 5.68. The summed E-state index contributed by atoms with van der Waals surface area (Å²) in [6.07, 6.45) is 13.2. The third kappa shape index (κ3) is 8.29. The van der Waals surface area contributed by atoms with Gasteiger partial charge in [0.15, 0.2) is 0 Å². The maximum Gasteiger partial charge on any atom is 0.335 e. The topological polar surface area (TPSA) is 136 Å². The van der Waals surface area contributed by atoms with E-state index in [1.165, 1.54) is 24.3 Å². The van der Waals surface area contributed by atoms with E-state index in [4.69, 9.17) is 14.9 Å². The number of hydrogen-bond donors (Lipinski definition) is 5. The summed E-state index contributed by atoms with van der Waals surface area (Å²) < 4.78 is 5.14. The Kier molecular flexibility index (Phi) is 14.1. The second-order valence-electron chi connectivity index (χ2n) is 4.56. The lowest BCUT2D eigenvalue weighted by molar-refractivity contribution is -0.149. The van der Waals surface area contributed by atoms with Crippen LogP contribution < -0.4 is 5.32 Å². The van der Waals surface area contributed by atoms with Gasteiger partial charge < -0.3 is 30.5 Å². The maximum absolute atomic E-state index is 11.9. The quantitative estimate of drug-likeness (QED) is 0.473. The summed E-state index contributed by atoms with van der Waals surface area (Å²) in [4.78, 5) is 22.6. The minimum absolute atomic E-state index is 0.0141. The molecule has 1 amide bonds. The standard InChI is InChI=1S/C13H15NO6.2C2H2.CH4O/c15-9-5-11(20-6-10(9)16)12(17)14-8-3-1-7(2-4-8)13(18)19;3*1-2/h1-4,9-11,15-16H,5-6H2,(H,14,17)(H,18,19);2*1-2H;2H,1H3/t9-,10+,11-;;;/m0.../s1. The number of benzene rings is 1. The van der Waals surface area contributed by atoms with Crippen LogP contribution in [0, 0.1) is 25.7 Å². The molecule has 26 heavy (non-hydrogen) atoms. The lowest BCUT2D eigenvalue weighted by Crippen LogP contribution is -2.45. The van der Waals surface area contributed by atoms with Crippen LogP contribution in [0.4, 0.5) is 5.69 Å². The van der Waals surface area contributed by atoms with E-state index in [0.29, 0.717) is 5.69 Å². The number of carboxylic acid groups (broad SMARTS) is 1. The molecule has 0 bridgehead atoms. The lowest BCUT2D eigenvalue weighted by Gasteiger charge is -2.29. The van der Waals surface area contributed by atoms with Crippen molar-refractivity contribution in [3.05, 3.63) is 29.8 Å². The van der Waals surface area contributed by atoms with Gasteiger partial charge in [0.1, 0.15) is 12.2 Å². The molecular weight excluding hydrogens is 342 g/mol. The number of ether oxygens (including phenoxy) is 1. The number of aliphatic hydroxyl groups excluding tert-OH is 3. The summed E-state index contributed by atoms with van der Waals surface area (Å²) >= 11 is 0. The van der Waals surface area contributed by atoms with Gasteiger partial charge in [-0.2, -0.15) is 0 Å². The molecule has 2 rings (SSSR count). The predicted molar refractivity (Wildman–Crippen MR) is 96.3 cm³/mol. The molecule has 1 heterocycles. The Bertz CT molecular complexity index is 574. The van der Waals surface area contributed by atoms with Crippen molar-refractivity contribution in [3.63, 3.8) is 0 Å². The van der Waals surface area contributed by atoms with Gasteiger partial charge >= 0.3 is 5.97 Å². The van der Waals surface area contributed by atoms with Gasteiger partial charge in [-0.05, 0) is 24.3 Å². The van der Waals surface area contributed by atoms with Crippen molar-refractivity contribution in [2.75, 3.05) is 19.0 Å². The zero-order chi connectivity index (χ0) is 20.7.